The largest absolute Gasteiger partial charge is 0.459 e. The quantitative estimate of drug-likeness (QED) is 0.806. The summed E-state index contributed by atoms with van der Waals surface area (Å²) >= 11 is 0. The predicted molar refractivity (Wildman–Crippen MR) is 51.1 cm³/mol. The third-order valence-corrected chi connectivity index (χ3v) is 2.13. The Morgan fingerprint density at radius 2 is 2.12 bits per heavy atom. The van der Waals surface area contributed by atoms with Crippen LogP contribution >= 0.6 is 0 Å². The molecule has 0 N–H and O–H groups in total. The fraction of sp³-hybridized carbons (Fsp3) is 0.500. The second kappa shape index (κ2) is 4.59. The Bertz CT molecular complexity index is 370. The molecule has 1 rings (SSSR count). The lowest BCUT2D eigenvalue weighted by atomic mass is 10.2. The number of furan rings is 1. The van der Waals surface area contributed by atoms with Crippen molar-refractivity contribution < 1.29 is 22.4 Å². The van der Waals surface area contributed by atoms with Crippen LogP contribution in [0.3, 0.4) is 0 Å². The SMILES string of the molecule is Cc1ccoc1C(=O)N(C)CCC(F)(F)F. The van der Waals surface area contributed by atoms with E-state index in [4.69, 9.17) is 4.42 Å². The summed E-state index contributed by atoms with van der Waals surface area (Å²) < 4.78 is 40.7. The molecule has 1 aromatic rings. The van der Waals surface area contributed by atoms with E-state index in [1.54, 1.807) is 13.0 Å². The monoisotopic (exact) mass is 235 g/mol. The summed E-state index contributed by atoms with van der Waals surface area (Å²) in [5, 5.41) is 0. The number of hydrogen-bond donors (Lipinski definition) is 0. The number of aryl methyl sites for hydroxylation is 1. The van der Waals surface area contributed by atoms with Gasteiger partial charge in [-0.05, 0) is 13.0 Å². The van der Waals surface area contributed by atoms with Crippen LogP contribution in [0, 0.1) is 6.92 Å². The first kappa shape index (κ1) is 12.6. The van der Waals surface area contributed by atoms with Crippen molar-refractivity contribution in [1.29, 1.82) is 0 Å². The molecular weight excluding hydrogens is 223 g/mol. The van der Waals surface area contributed by atoms with Crippen LogP contribution in [0.5, 0.6) is 0 Å². The molecule has 0 aliphatic carbocycles. The van der Waals surface area contributed by atoms with Crippen LogP contribution < -0.4 is 0 Å². The van der Waals surface area contributed by atoms with Gasteiger partial charge in [-0.2, -0.15) is 13.2 Å². The Labute approximate surface area is 90.8 Å². The molecule has 0 aliphatic rings. The van der Waals surface area contributed by atoms with Crippen molar-refractivity contribution in [2.24, 2.45) is 0 Å². The summed E-state index contributed by atoms with van der Waals surface area (Å²) in [6.45, 7) is 1.29. The van der Waals surface area contributed by atoms with Crippen LogP contribution in [0.4, 0.5) is 13.2 Å². The topological polar surface area (TPSA) is 33.5 Å². The first-order valence-corrected chi connectivity index (χ1v) is 4.67. The van der Waals surface area contributed by atoms with Gasteiger partial charge in [-0.15, -0.1) is 0 Å². The minimum atomic E-state index is -4.26. The van der Waals surface area contributed by atoms with Crippen molar-refractivity contribution in [3.8, 4) is 0 Å². The van der Waals surface area contributed by atoms with Gasteiger partial charge in [0.2, 0.25) is 0 Å². The molecule has 0 saturated carbocycles. The van der Waals surface area contributed by atoms with E-state index < -0.39 is 18.5 Å². The number of carbonyl (C=O) groups is 1. The van der Waals surface area contributed by atoms with E-state index in [2.05, 4.69) is 0 Å². The maximum absolute atomic E-state index is 11.9. The summed E-state index contributed by atoms with van der Waals surface area (Å²) in [5.41, 5.74) is 0.615. The summed E-state index contributed by atoms with van der Waals surface area (Å²) in [6.07, 6.45) is -3.94. The van der Waals surface area contributed by atoms with Gasteiger partial charge in [0, 0.05) is 19.2 Å². The number of halogens is 3. The first-order valence-electron chi connectivity index (χ1n) is 4.67. The van der Waals surface area contributed by atoms with Gasteiger partial charge in [0.25, 0.3) is 5.91 Å². The average Bonchev–Trinajstić information content (AvgIpc) is 2.58. The van der Waals surface area contributed by atoms with Crippen molar-refractivity contribution in [1.82, 2.24) is 4.90 Å². The number of carbonyl (C=O) groups excluding carboxylic acids is 1. The Morgan fingerprint density at radius 1 is 1.50 bits per heavy atom. The van der Waals surface area contributed by atoms with Crippen molar-refractivity contribution in [2.45, 2.75) is 19.5 Å². The fourth-order valence-corrected chi connectivity index (χ4v) is 1.16. The highest BCUT2D eigenvalue weighted by Crippen LogP contribution is 2.20. The summed E-state index contributed by atoms with van der Waals surface area (Å²) in [7, 11) is 1.32. The maximum Gasteiger partial charge on any atom is 0.390 e. The van der Waals surface area contributed by atoms with Crippen molar-refractivity contribution in [2.75, 3.05) is 13.6 Å². The molecule has 16 heavy (non-hydrogen) atoms. The van der Waals surface area contributed by atoms with Crippen LogP contribution in [0.1, 0.15) is 22.5 Å². The van der Waals surface area contributed by atoms with Gasteiger partial charge in [-0.25, -0.2) is 0 Å². The molecule has 0 aromatic carbocycles. The van der Waals surface area contributed by atoms with Gasteiger partial charge in [0.1, 0.15) is 0 Å². The highest BCUT2D eigenvalue weighted by Gasteiger charge is 2.28. The predicted octanol–water partition coefficient (Wildman–Crippen LogP) is 2.61. The van der Waals surface area contributed by atoms with Crippen LogP contribution in [0.15, 0.2) is 16.7 Å². The molecule has 0 fully saturated rings. The maximum atomic E-state index is 11.9. The van der Waals surface area contributed by atoms with Crippen LogP contribution in [-0.2, 0) is 0 Å². The minimum Gasteiger partial charge on any atom is -0.459 e. The molecule has 1 amide bonds. The Hall–Kier alpha value is -1.46. The summed E-state index contributed by atoms with van der Waals surface area (Å²) in [5.74, 6) is -0.448. The number of alkyl halides is 3. The molecule has 0 radical (unpaired) electrons. The van der Waals surface area contributed by atoms with Crippen molar-refractivity contribution in [3.63, 3.8) is 0 Å². The third-order valence-electron chi connectivity index (χ3n) is 2.13. The molecule has 0 aliphatic heterocycles. The normalized spacial score (nSPS) is 11.6. The lowest BCUT2D eigenvalue weighted by Crippen LogP contribution is -2.30. The first-order chi connectivity index (χ1) is 7.31. The van der Waals surface area contributed by atoms with Crippen molar-refractivity contribution >= 4 is 5.91 Å². The zero-order chi connectivity index (χ0) is 12.3. The number of hydrogen-bond acceptors (Lipinski definition) is 2. The summed E-state index contributed by atoms with van der Waals surface area (Å²) in [4.78, 5) is 12.6. The molecule has 0 bridgehead atoms. The fourth-order valence-electron chi connectivity index (χ4n) is 1.16. The molecule has 1 aromatic heterocycles. The van der Waals surface area contributed by atoms with E-state index in [9.17, 15) is 18.0 Å². The van der Waals surface area contributed by atoms with Gasteiger partial charge in [0.15, 0.2) is 5.76 Å². The highest BCUT2D eigenvalue weighted by atomic mass is 19.4. The van der Waals surface area contributed by atoms with E-state index in [1.165, 1.54) is 13.3 Å². The van der Waals surface area contributed by atoms with Crippen LogP contribution in [0.25, 0.3) is 0 Å². The summed E-state index contributed by atoms with van der Waals surface area (Å²) in [6, 6.07) is 1.59. The molecule has 6 heteroatoms. The van der Waals surface area contributed by atoms with Crippen LogP contribution in [-0.4, -0.2) is 30.6 Å². The molecule has 3 nitrogen and oxygen atoms in total. The highest BCUT2D eigenvalue weighted by molar-refractivity contribution is 5.92. The molecule has 90 valence electrons. The lowest BCUT2D eigenvalue weighted by molar-refractivity contribution is -0.136. The second-order valence-electron chi connectivity index (χ2n) is 3.52. The molecular formula is C10H12F3NO2. The molecule has 0 saturated heterocycles. The lowest BCUT2D eigenvalue weighted by Gasteiger charge is -2.17. The Morgan fingerprint density at radius 3 is 2.56 bits per heavy atom. The zero-order valence-electron chi connectivity index (χ0n) is 8.97. The third kappa shape index (κ3) is 3.29. The second-order valence-corrected chi connectivity index (χ2v) is 3.52. The molecule has 0 unspecified atom stereocenters. The van der Waals surface area contributed by atoms with Gasteiger partial charge in [-0.1, -0.05) is 0 Å². The smallest absolute Gasteiger partial charge is 0.390 e. The number of nitrogens with zero attached hydrogens (tertiary/aromatic N) is 1. The van der Waals surface area contributed by atoms with Gasteiger partial charge in [0.05, 0.1) is 12.7 Å². The van der Waals surface area contributed by atoms with E-state index in [-0.39, 0.29) is 12.3 Å². The van der Waals surface area contributed by atoms with E-state index >= 15 is 0 Å². The number of amides is 1. The van der Waals surface area contributed by atoms with E-state index in [1.807, 2.05) is 0 Å². The average molecular weight is 235 g/mol. The molecule has 1 heterocycles. The molecule has 0 spiro atoms. The van der Waals surface area contributed by atoms with E-state index in [0.717, 1.165) is 4.90 Å². The minimum absolute atomic E-state index is 0.0877. The van der Waals surface area contributed by atoms with Crippen molar-refractivity contribution in [3.05, 3.63) is 23.7 Å². The zero-order valence-corrected chi connectivity index (χ0v) is 8.97. The standard InChI is InChI=1S/C10H12F3NO2/c1-7-3-6-16-8(7)9(15)14(2)5-4-10(11,12)13/h3,6H,4-5H2,1-2H3. The Kier molecular flexibility index (Phi) is 3.62. The van der Waals surface area contributed by atoms with Gasteiger partial charge < -0.3 is 9.32 Å². The van der Waals surface area contributed by atoms with Crippen LogP contribution in [0.2, 0.25) is 0 Å². The van der Waals surface area contributed by atoms with Gasteiger partial charge in [-0.3, -0.25) is 4.79 Å². The van der Waals surface area contributed by atoms with E-state index in [0.29, 0.717) is 5.56 Å². The van der Waals surface area contributed by atoms with Gasteiger partial charge >= 0.3 is 6.18 Å². The molecule has 0 atom stereocenters. The Balaban J connectivity index is 2.59. The number of rotatable bonds is 3.